The van der Waals surface area contributed by atoms with Crippen LogP contribution in [0, 0.1) is 0 Å². The second-order valence-corrected chi connectivity index (χ2v) is 17.7. The minimum absolute atomic E-state index is 0.642. The molecule has 0 saturated carbocycles. The van der Waals surface area contributed by atoms with E-state index in [0.29, 0.717) is 5.82 Å². The summed E-state index contributed by atoms with van der Waals surface area (Å²) in [7, 11) is 0. The lowest BCUT2D eigenvalue weighted by molar-refractivity contribution is 1.14. The highest BCUT2D eigenvalue weighted by atomic mass is 32.1. The van der Waals surface area contributed by atoms with Crippen molar-refractivity contribution < 1.29 is 0 Å². The lowest BCUT2D eigenvalue weighted by Crippen LogP contribution is -2.05. The smallest absolute Gasteiger partial charge is 0.160 e. The van der Waals surface area contributed by atoms with E-state index < -0.39 is 0 Å². The molecule has 7 aromatic carbocycles. The molecule has 11 rings (SSSR count). The van der Waals surface area contributed by atoms with Gasteiger partial charge in [0.15, 0.2) is 5.82 Å². The highest BCUT2D eigenvalue weighted by Crippen LogP contribution is 2.49. The SMILES string of the molecule is C=C/C=C(\C=C)c1cc(-c2nc(C(/C=C\C)=C/C)cc(-c3ccccc3)n2)cc(-c2ccccc2)c1-n1c2ccccc2c2c3sc4c(ccc5sc6ccccc6c54)c3ccc21. The molecule has 11 aromatic rings. The van der Waals surface area contributed by atoms with Crippen molar-refractivity contribution in [1.82, 2.24) is 14.5 Å². The van der Waals surface area contributed by atoms with E-state index in [4.69, 9.17) is 9.97 Å². The molecular formula is C58H41N3S2. The Morgan fingerprint density at radius 3 is 2.02 bits per heavy atom. The molecule has 63 heavy (non-hydrogen) atoms. The Labute approximate surface area is 374 Å². The van der Waals surface area contributed by atoms with Crippen molar-refractivity contribution in [2.24, 2.45) is 0 Å². The third-order valence-electron chi connectivity index (χ3n) is 12.0. The van der Waals surface area contributed by atoms with Gasteiger partial charge in [-0.2, -0.15) is 0 Å². The molecule has 0 aliphatic rings. The molecule has 0 saturated heterocycles. The van der Waals surface area contributed by atoms with Crippen LogP contribution in [0.5, 0.6) is 0 Å². The number of fused-ring (bicyclic) bond motifs is 11. The molecule has 0 aliphatic carbocycles. The first-order valence-electron chi connectivity index (χ1n) is 21.2. The standard InChI is InChI=1S/C58H41N3S2/c1-5-19-36(7-3)45-33-40(58-59-47(37(8-4)20-6-2)35-48(60-58)39-23-13-10-14-24-39)34-46(38-21-11-9-12-22-38)55(45)61-49-27-17-15-25-43(49)53-50(61)31-29-41-42-30-32-52-54(57(42)63-56(41)53)44-26-16-18-28-51(44)62-52/h5-35H,1,3H2,2,4H3/b20-6-,36-19+,37-8+. The van der Waals surface area contributed by atoms with Crippen LogP contribution >= 0.6 is 22.7 Å². The minimum atomic E-state index is 0.642. The van der Waals surface area contributed by atoms with Gasteiger partial charge in [0.05, 0.1) is 28.1 Å². The fraction of sp³-hybridized carbons (Fsp3) is 0.0345. The van der Waals surface area contributed by atoms with Gasteiger partial charge in [0.1, 0.15) is 0 Å². The van der Waals surface area contributed by atoms with E-state index in [0.717, 1.165) is 67.1 Å². The Balaban J connectivity index is 1.26. The summed E-state index contributed by atoms with van der Waals surface area (Å²) in [5.74, 6) is 0.642. The monoisotopic (exact) mass is 843 g/mol. The lowest BCUT2D eigenvalue weighted by Gasteiger charge is -2.21. The van der Waals surface area contributed by atoms with Crippen LogP contribution in [0.1, 0.15) is 25.1 Å². The molecule has 0 radical (unpaired) electrons. The van der Waals surface area contributed by atoms with Crippen molar-refractivity contribution in [2.45, 2.75) is 13.8 Å². The van der Waals surface area contributed by atoms with Crippen LogP contribution < -0.4 is 0 Å². The van der Waals surface area contributed by atoms with Crippen molar-refractivity contribution in [3.05, 3.63) is 213 Å². The fourth-order valence-corrected chi connectivity index (χ4v) is 11.8. The first-order chi connectivity index (χ1) is 31.1. The van der Waals surface area contributed by atoms with Crippen LogP contribution in [0.4, 0.5) is 0 Å². The van der Waals surface area contributed by atoms with E-state index in [-0.39, 0.29) is 0 Å². The van der Waals surface area contributed by atoms with E-state index in [9.17, 15) is 0 Å². The summed E-state index contributed by atoms with van der Waals surface area (Å²) in [6.45, 7) is 12.6. The van der Waals surface area contributed by atoms with Crippen LogP contribution in [0.15, 0.2) is 201 Å². The maximum Gasteiger partial charge on any atom is 0.160 e. The zero-order valence-corrected chi connectivity index (χ0v) is 36.6. The van der Waals surface area contributed by atoms with Crippen molar-refractivity contribution in [1.29, 1.82) is 0 Å². The van der Waals surface area contributed by atoms with E-state index in [1.54, 1.807) is 0 Å². The van der Waals surface area contributed by atoms with E-state index >= 15 is 0 Å². The van der Waals surface area contributed by atoms with Gasteiger partial charge in [-0.1, -0.05) is 159 Å². The number of para-hydroxylation sites is 1. The summed E-state index contributed by atoms with van der Waals surface area (Å²) in [6, 6.07) is 54.6. The van der Waals surface area contributed by atoms with Gasteiger partial charge >= 0.3 is 0 Å². The van der Waals surface area contributed by atoms with Gasteiger partial charge in [-0.25, -0.2) is 9.97 Å². The largest absolute Gasteiger partial charge is 0.308 e. The number of hydrogen-bond acceptors (Lipinski definition) is 4. The third-order valence-corrected chi connectivity index (χ3v) is 14.4. The second kappa shape index (κ2) is 15.8. The molecule has 300 valence electrons. The van der Waals surface area contributed by atoms with Crippen LogP contribution in [0.25, 0.3) is 113 Å². The van der Waals surface area contributed by atoms with Gasteiger partial charge in [-0.15, -0.1) is 22.7 Å². The first kappa shape index (κ1) is 38.5. The molecule has 5 heteroatoms. The Morgan fingerprint density at radius 2 is 1.27 bits per heavy atom. The highest BCUT2D eigenvalue weighted by molar-refractivity contribution is 7.30. The van der Waals surface area contributed by atoms with E-state index in [2.05, 4.69) is 195 Å². The average Bonchev–Trinajstić information content (AvgIpc) is 4.02. The zero-order valence-electron chi connectivity index (χ0n) is 35.0. The van der Waals surface area contributed by atoms with Gasteiger partial charge in [-0.05, 0) is 73.0 Å². The molecule has 0 fully saturated rings. The predicted octanol–water partition coefficient (Wildman–Crippen LogP) is 17.0. The maximum absolute atomic E-state index is 5.31. The van der Waals surface area contributed by atoms with E-state index in [1.165, 1.54) is 51.1 Å². The molecule has 0 atom stereocenters. The third kappa shape index (κ3) is 6.31. The summed E-state index contributed by atoms with van der Waals surface area (Å²) in [6.07, 6.45) is 12.1. The Morgan fingerprint density at radius 1 is 0.571 bits per heavy atom. The van der Waals surface area contributed by atoms with Gasteiger partial charge in [0.2, 0.25) is 0 Å². The quantitative estimate of drug-likeness (QED) is 0.136. The lowest BCUT2D eigenvalue weighted by atomic mass is 9.92. The number of nitrogens with zero attached hydrogens (tertiary/aromatic N) is 3. The number of benzene rings is 7. The summed E-state index contributed by atoms with van der Waals surface area (Å²) < 4.78 is 7.76. The van der Waals surface area contributed by atoms with Crippen LogP contribution in [-0.2, 0) is 0 Å². The number of hydrogen-bond donors (Lipinski definition) is 0. The topological polar surface area (TPSA) is 30.7 Å². The van der Waals surface area contributed by atoms with Gasteiger partial charge < -0.3 is 4.57 Å². The summed E-state index contributed by atoms with van der Waals surface area (Å²) in [5, 5.41) is 7.73. The molecule has 0 amide bonds. The number of allylic oxidation sites excluding steroid dienone is 8. The molecule has 4 heterocycles. The van der Waals surface area contributed by atoms with Crippen molar-refractivity contribution >= 4 is 96.0 Å². The maximum atomic E-state index is 5.31. The molecule has 0 spiro atoms. The summed E-state index contributed by atoms with van der Waals surface area (Å²) in [4.78, 5) is 10.6. The molecule has 4 aromatic heterocycles. The molecule has 0 N–H and O–H groups in total. The molecule has 0 bridgehead atoms. The van der Waals surface area contributed by atoms with Gasteiger partial charge in [0.25, 0.3) is 0 Å². The van der Waals surface area contributed by atoms with E-state index in [1.807, 2.05) is 47.8 Å². The average molecular weight is 844 g/mol. The molecule has 0 unspecified atom stereocenters. The van der Waals surface area contributed by atoms with Crippen molar-refractivity contribution in [3.63, 3.8) is 0 Å². The number of rotatable bonds is 9. The zero-order chi connectivity index (χ0) is 42.6. The molecule has 3 nitrogen and oxygen atoms in total. The predicted molar refractivity (Wildman–Crippen MR) is 275 cm³/mol. The normalized spacial score (nSPS) is 12.5. The van der Waals surface area contributed by atoms with Crippen molar-refractivity contribution in [2.75, 3.05) is 0 Å². The second-order valence-electron chi connectivity index (χ2n) is 15.6. The van der Waals surface area contributed by atoms with Crippen LogP contribution in [0.2, 0.25) is 0 Å². The number of thiophene rings is 2. The van der Waals surface area contributed by atoms with Crippen molar-refractivity contribution in [3.8, 4) is 39.5 Å². The Bertz CT molecular complexity index is 3730. The Kier molecular flexibility index (Phi) is 9.64. The summed E-state index contributed by atoms with van der Waals surface area (Å²) >= 11 is 3.80. The minimum Gasteiger partial charge on any atom is -0.308 e. The molecular weight excluding hydrogens is 803 g/mol. The van der Waals surface area contributed by atoms with Gasteiger partial charge in [0, 0.05) is 73.4 Å². The first-order valence-corrected chi connectivity index (χ1v) is 22.8. The number of aromatic nitrogens is 3. The molecule has 0 aliphatic heterocycles. The highest BCUT2D eigenvalue weighted by Gasteiger charge is 2.25. The van der Waals surface area contributed by atoms with Crippen LogP contribution in [0.3, 0.4) is 0 Å². The van der Waals surface area contributed by atoms with Crippen LogP contribution in [-0.4, -0.2) is 14.5 Å². The van der Waals surface area contributed by atoms with Gasteiger partial charge in [-0.3, -0.25) is 0 Å². The fourth-order valence-electron chi connectivity index (χ4n) is 9.24. The summed E-state index contributed by atoms with van der Waals surface area (Å²) in [5.41, 5.74) is 12.1. The Hall–Kier alpha value is -7.44.